The highest BCUT2D eigenvalue weighted by Gasteiger charge is 2.15. The Labute approximate surface area is 212 Å². The van der Waals surface area contributed by atoms with E-state index in [9.17, 15) is 9.59 Å². The first-order chi connectivity index (χ1) is 18.0. The van der Waals surface area contributed by atoms with E-state index in [2.05, 4.69) is 16.4 Å². The van der Waals surface area contributed by atoms with E-state index >= 15 is 0 Å². The molecule has 0 aliphatic carbocycles. The normalized spacial score (nSPS) is 11.0. The number of H-pyrrole nitrogens is 1. The van der Waals surface area contributed by atoms with E-state index in [1.165, 1.54) is 0 Å². The van der Waals surface area contributed by atoms with Crippen molar-refractivity contribution < 1.29 is 23.4 Å². The molecule has 3 aromatic carbocycles. The van der Waals surface area contributed by atoms with E-state index < -0.39 is 0 Å². The minimum atomic E-state index is -0.295. The average Bonchev–Trinajstić information content (AvgIpc) is 3.33. The van der Waals surface area contributed by atoms with Gasteiger partial charge in [0.25, 0.3) is 5.91 Å². The zero-order valence-electron chi connectivity index (χ0n) is 20.5. The maximum Gasteiger partial charge on any atom is 0.257 e. The van der Waals surface area contributed by atoms with Crippen molar-refractivity contribution in [2.45, 2.75) is 13.3 Å². The van der Waals surface area contributed by atoms with Gasteiger partial charge >= 0.3 is 0 Å². The molecule has 2 aromatic heterocycles. The summed E-state index contributed by atoms with van der Waals surface area (Å²) in [4.78, 5) is 28.6. The second-order valence-electron chi connectivity index (χ2n) is 8.50. The highest BCUT2D eigenvalue weighted by molar-refractivity contribution is 5.83. The van der Waals surface area contributed by atoms with Crippen LogP contribution in [-0.4, -0.2) is 31.2 Å². The fourth-order valence-electron chi connectivity index (χ4n) is 4.11. The van der Waals surface area contributed by atoms with Crippen molar-refractivity contribution in [2.75, 3.05) is 20.3 Å². The topological polar surface area (TPSA) is 103 Å². The number of hydrogen-bond donors (Lipinski definition) is 2. The van der Waals surface area contributed by atoms with Crippen molar-refractivity contribution in [1.82, 2.24) is 10.3 Å². The van der Waals surface area contributed by atoms with Crippen LogP contribution in [0.15, 0.2) is 82.1 Å². The van der Waals surface area contributed by atoms with Gasteiger partial charge in [-0.2, -0.15) is 0 Å². The van der Waals surface area contributed by atoms with Gasteiger partial charge in [0.05, 0.1) is 12.5 Å². The molecule has 0 unspecified atom stereocenters. The van der Waals surface area contributed by atoms with E-state index in [1.807, 2.05) is 24.4 Å². The molecule has 0 saturated carbocycles. The van der Waals surface area contributed by atoms with E-state index in [1.54, 1.807) is 56.5 Å². The fourth-order valence-corrected chi connectivity index (χ4v) is 4.11. The zero-order valence-corrected chi connectivity index (χ0v) is 20.5. The summed E-state index contributed by atoms with van der Waals surface area (Å²) in [6, 6.07) is 19.8. The van der Waals surface area contributed by atoms with Crippen LogP contribution >= 0.6 is 0 Å². The number of para-hydroxylation sites is 1. The number of carbonyl (C=O) groups is 1. The van der Waals surface area contributed by atoms with Crippen molar-refractivity contribution in [3.63, 3.8) is 0 Å². The molecule has 0 saturated heterocycles. The van der Waals surface area contributed by atoms with Gasteiger partial charge in [-0.25, -0.2) is 0 Å². The minimum absolute atomic E-state index is 0.112. The predicted octanol–water partition coefficient (Wildman–Crippen LogP) is 5.12. The number of fused-ring (bicyclic) bond motifs is 2. The van der Waals surface area contributed by atoms with Gasteiger partial charge in [-0.15, -0.1) is 0 Å². The van der Waals surface area contributed by atoms with Crippen LogP contribution < -0.4 is 25.0 Å². The molecule has 0 aliphatic rings. The average molecular weight is 499 g/mol. The SMILES string of the molecule is COc1ccc(Oc2c(C)oc3cc(OCC(=O)NCCc4c[nH]c5ccccc45)ccc3c2=O)cc1. The molecule has 0 spiro atoms. The third-order valence-corrected chi connectivity index (χ3v) is 6.03. The van der Waals surface area contributed by atoms with Gasteiger partial charge in [0.1, 0.15) is 28.6 Å². The van der Waals surface area contributed by atoms with Crippen LogP contribution in [-0.2, 0) is 11.2 Å². The van der Waals surface area contributed by atoms with Crippen molar-refractivity contribution in [3.8, 4) is 23.0 Å². The van der Waals surface area contributed by atoms with Crippen molar-refractivity contribution >= 4 is 27.8 Å². The largest absolute Gasteiger partial charge is 0.497 e. The highest BCUT2D eigenvalue weighted by Crippen LogP contribution is 2.28. The van der Waals surface area contributed by atoms with Gasteiger partial charge in [-0.3, -0.25) is 9.59 Å². The molecular weight excluding hydrogens is 472 g/mol. The molecule has 0 aliphatic heterocycles. The first kappa shape index (κ1) is 24.0. The number of amides is 1. The third-order valence-electron chi connectivity index (χ3n) is 6.03. The molecule has 2 heterocycles. The van der Waals surface area contributed by atoms with E-state index in [4.69, 9.17) is 18.6 Å². The predicted molar refractivity (Wildman–Crippen MR) is 141 cm³/mol. The Morgan fingerprint density at radius 2 is 1.73 bits per heavy atom. The lowest BCUT2D eigenvalue weighted by atomic mass is 10.1. The summed E-state index contributed by atoms with van der Waals surface area (Å²) in [5.41, 5.74) is 2.27. The number of nitrogens with one attached hydrogen (secondary N) is 2. The molecule has 37 heavy (non-hydrogen) atoms. The molecule has 1 amide bonds. The molecule has 188 valence electrons. The Hall–Kier alpha value is -4.72. The van der Waals surface area contributed by atoms with Crippen LogP contribution in [0.5, 0.6) is 23.0 Å². The van der Waals surface area contributed by atoms with Crippen LogP contribution in [0.3, 0.4) is 0 Å². The molecule has 5 aromatic rings. The van der Waals surface area contributed by atoms with Crippen LogP contribution in [0.25, 0.3) is 21.9 Å². The monoisotopic (exact) mass is 498 g/mol. The zero-order chi connectivity index (χ0) is 25.8. The van der Waals surface area contributed by atoms with Gasteiger partial charge in [0, 0.05) is 29.7 Å². The summed E-state index contributed by atoms with van der Waals surface area (Å²) < 4.78 is 22.4. The van der Waals surface area contributed by atoms with Gasteiger partial charge in [-0.05, 0) is 61.4 Å². The summed E-state index contributed by atoms with van der Waals surface area (Å²) in [5.74, 6) is 1.81. The first-order valence-corrected chi connectivity index (χ1v) is 11.9. The van der Waals surface area contributed by atoms with Crippen molar-refractivity contribution in [2.24, 2.45) is 0 Å². The summed E-state index contributed by atoms with van der Waals surface area (Å²) in [6.45, 7) is 2.00. The number of aryl methyl sites for hydroxylation is 1. The Kier molecular flexibility index (Phi) is 6.81. The number of hydrogen-bond acceptors (Lipinski definition) is 6. The molecule has 5 rings (SSSR count). The van der Waals surface area contributed by atoms with Crippen molar-refractivity contribution in [1.29, 1.82) is 0 Å². The van der Waals surface area contributed by atoms with Crippen LogP contribution in [0, 0.1) is 6.92 Å². The van der Waals surface area contributed by atoms with Crippen molar-refractivity contribution in [3.05, 3.63) is 94.5 Å². The first-order valence-electron chi connectivity index (χ1n) is 11.9. The summed E-state index contributed by atoms with van der Waals surface area (Å²) in [7, 11) is 1.58. The van der Waals surface area contributed by atoms with Gasteiger partial charge in [0.15, 0.2) is 6.61 Å². The Morgan fingerprint density at radius 1 is 0.973 bits per heavy atom. The molecule has 2 N–H and O–H groups in total. The summed E-state index contributed by atoms with van der Waals surface area (Å²) in [5, 5.41) is 4.38. The molecule has 8 nitrogen and oxygen atoms in total. The lowest BCUT2D eigenvalue weighted by Gasteiger charge is -2.11. The Balaban J connectivity index is 1.20. The molecule has 0 fully saturated rings. The number of aromatic nitrogens is 1. The standard InChI is InChI=1S/C29H26N2O6/c1-18-29(37-21-9-7-20(34-2)8-10-21)28(33)24-12-11-22(15-26(24)36-18)35-17-27(32)30-14-13-19-16-31-25-6-4-3-5-23(19)25/h3-12,15-16,31H,13-14,17H2,1-2H3,(H,30,32). The molecular formula is C29H26N2O6. The minimum Gasteiger partial charge on any atom is -0.497 e. The number of benzene rings is 3. The highest BCUT2D eigenvalue weighted by atomic mass is 16.5. The second-order valence-corrected chi connectivity index (χ2v) is 8.50. The lowest BCUT2D eigenvalue weighted by molar-refractivity contribution is -0.123. The van der Waals surface area contributed by atoms with E-state index in [0.29, 0.717) is 46.9 Å². The number of methoxy groups -OCH3 is 1. The molecule has 8 heteroatoms. The molecule has 0 radical (unpaired) electrons. The van der Waals surface area contributed by atoms with E-state index in [0.717, 1.165) is 16.5 Å². The third kappa shape index (κ3) is 5.28. The number of ether oxygens (including phenoxy) is 3. The fraction of sp³-hybridized carbons (Fsp3) is 0.172. The number of aromatic amines is 1. The lowest BCUT2D eigenvalue weighted by Crippen LogP contribution is -2.30. The van der Waals surface area contributed by atoms with Gasteiger partial charge < -0.3 is 28.9 Å². The molecule has 0 bridgehead atoms. The molecule has 0 atom stereocenters. The number of carbonyl (C=O) groups excluding carboxylic acids is 1. The van der Waals surface area contributed by atoms with Crippen LogP contribution in [0.1, 0.15) is 11.3 Å². The maximum atomic E-state index is 13.0. The Bertz CT molecular complexity index is 1620. The van der Waals surface area contributed by atoms with Crippen LogP contribution in [0.4, 0.5) is 0 Å². The quantitative estimate of drug-likeness (QED) is 0.292. The summed E-state index contributed by atoms with van der Waals surface area (Å²) >= 11 is 0. The maximum absolute atomic E-state index is 13.0. The van der Waals surface area contributed by atoms with Crippen LogP contribution in [0.2, 0.25) is 0 Å². The number of rotatable bonds is 9. The van der Waals surface area contributed by atoms with Gasteiger partial charge in [0.2, 0.25) is 11.2 Å². The van der Waals surface area contributed by atoms with E-state index in [-0.39, 0.29) is 23.7 Å². The smallest absolute Gasteiger partial charge is 0.257 e. The summed E-state index contributed by atoms with van der Waals surface area (Å²) in [6.07, 6.45) is 2.67. The van der Waals surface area contributed by atoms with Gasteiger partial charge in [-0.1, -0.05) is 18.2 Å². The Morgan fingerprint density at radius 3 is 2.54 bits per heavy atom. The second kappa shape index (κ2) is 10.5.